The molecular weight excluding hydrogens is 268 g/mol. The molecule has 2 aromatic rings. The van der Waals surface area contributed by atoms with Crippen LogP contribution in [0.1, 0.15) is 18.5 Å². The number of alkyl halides is 2. The first-order valence-corrected chi connectivity index (χ1v) is 6.01. The summed E-state index contributed by atoms with van der Waals surface area (Å²) in [5.41, 5.74) is 1.60. The van der Waals surface area contributed by atoms with Crippen molar-refractivity contribution in [2.45, 2.75) is 19.6 Å². The standard InChI is InChI=1S/C14H15F2NO3/c1-9(10-5-6-19-8-10)17-11-3-4-12(18-2)13(7-11)20-14(15)16/h3-9,14,17H,1-2H3. The predicted octanol–water partition coefficient (Wildman–Crippen LogP) is 4.06. The predicted molar refractivity (Wildman–Crippen MR) is 70.4 cm³/mol. The molecule has 108 valence electrons. The molecule has 1 aromatic carbocycles. The number of ether oxygens (including phenoxy) is 2. The van der Waals surface area contributed by atoms with E-state index in [9.17, 15) is 8.78 Å². The molecule has 6 heteroatoms. The van der Waals surface area contributed by atoms with Gasteiger partial charge < -0.3 is 19.2 Å². The minimum absolute atomic E-state index is 0.00751. The molecule has 1 N–H and O–H groups in total. The summed E-state index contributed by atoms with van der Waals surface area (Å²) in [5, 5.41) is 3.17. The van der Waals surface area contributed by atoms with E-state index in [1.165, 1.54) is 13.2 Å². The molecule has 0 aliphatic rings. The Morgan fingerprint density at radius 2 is 2.00 bits per heavy atom. The van der Waals surface area contributed by atoms with Crippen LogP contribution in [0.25, 0.3) is 0 Å². The van der Waals surface area contributed by atoms with Crippen LogP contribution in [0, 0.1) is 0 Å². The van der Waals surface area contributed by atoms with Gasteiger partial charge in [0.2, 0.25) is 0 Å². The number of furan rings is 1. The Balaban J connectivity index is 2.16. The second-order valence-corrected chi connectivity index (χ2v) is 4.17. The highest BCUT2D eigenvalue weighted by Crippen LogP contribution is 2.32. The summed E-state index contributed by atoms with van der Waals surface area (Å²) in [4.78, 5) is 0. The zero-order valence-electron chi connectivity index (χ0n) is 11.1. The van der Waals surface area contributed by atoms with E-state index in [4.69, 9.17) is 9.15 Å². The SMILES string of the molecule is COc1ccc(NC(C)c2ccoc2)cc1OC(F)F. The molecule has 0 aliphatic heterocycles. The third-order valence-electron chi connectivity index (χ3n) is 2.81. The van der Waals surface area contributed by atoms with Gasteiger partial charge in [0.15, 0.2) is 11.5 Å². The molecule has 0 saturated carbocycles. The lowest BCUT2D eigenvalue weighted by molar-refractivity contribution is -0.0511. The van der Waals surface area contributed by atoms with Gasteiger partial charge in [0.25, 0.3) is 0 Å². The van der Waals surface area contributed by atoms with Gasteiger partial charge in [0.1, 0.15) is 0 Å². The Labute approximate surface area is 115 Å². The fraction of sp³-hybridized carbons (Fsp3) is 0.286. The van der Waals surface area contributed by atoms with E-state index in [1.54, 1.807) is 24.7 Å². The van der Waals surface area contributed by atoms with Crippen molar-refractivity contribution in [3.8, 4) is 11.5 Å². The van der Waals surface area contributed by atoms with Crippen LogP contribution in [0.4, 0.5) is 14.5 Å². The molecule has 1 aromatic heterocycles. The maximum absolute atomic E-state index is 12.3. The molecule has 2 rings (SSSR count). The molecule has 0 aliphatic carbocycles. The largest absolute Gasteiger partial charge is 0.493 e. The normalized spacial score (nSPS) is 12.2. The van der Waals surface area contributed by atoms with Gasteiger partial charge in [-0.1, -0.05) is 0 Å². The summed E-state index contributed by atoms with van der Waals surface area (Å²) in [6.45, 7) is -0.964. The smallest absolute Gasteiger partial charge is 0.387 e. The van der Waals surface area contributed by atoms with Crippen molar-refractivity contribution in [1.82, 2.24) is 0 Å². The van der Waals surface area contributed by atoms with Crippen LogP contribution in [0.3, 0.4) is 0 Å². The van der Waals surface area contributed by atoms with E-state index in [1.807, 2.05) is 13.0 Å². The fourth-order valence-electron chi connectivity index (χ4n) is 1.81. The van der Waals surface area contributed by atoms with Crippen LogP contribution in [0.5, 0.6) is 11.5 Å². The fourth-order valence-corrected chi connectivity index (χ4v) is 1.81. The van der Waals surface area contributed by atoms with Crippen LogP contribution < -0.4 is 14.8 Å². The lowest BCUT2D eigenvalue weighted by Crippen LogP contribution is -2.07. The minimum Gasteiger partial charge on any atom is -0.493 e. The molecule has 0 spiro atoms. The molecule has 0 saturated heterocycles. The maximum atomic E-state index is 12.3. The number of rotatable bonds is 6. The maximum Gasteiger partial charge on any atom is 0.387 e. The summed E-state index contributed by atoms with van der Waals surface area (Å²) in [5.74, 6) is 0.249. The van der Waals surface area contributed by atoms with Crippen molar-refractivity contribution in [3.63, 3.8) is 0 Å². The molecule has 0 amide bonds. The molecule has 0 fully saturated rings. The number of hydrogen-bond acceptors (Lipinski definition) is 4. The van der Waals surface area contributed by atoms with Gasteiger partial charge in [-0.3, -0.25) is 0 Å². The van der Waals surface area contributed by atoms with Gasteiger partial charge in [-0.05, 0) is 25.1 Å². The Morgan fingerprint density at radius 3 is 2.60 bits per heavy atom. The van der Waals surface area contributed by atoms with Gasteiger partial charge in [0.05, 0.1) is 25.7 Å². The van der Waals surface area contributed by atoms with Crippen molar-refractivity contribution >= 4 is 5.69 Å². The summed E-state index contributed by atoms with van der Waals surface area (Å²) >= 11 is 0. The topological polar surface area (TPSA) is 43.6 Å². The van der Waals surface area contributed by atoms with Gasteiger partial charge >= 0.3 is 6.61 Å². The zero-order chi connectivity index (χ0) is 14.5. The quantitative estimate of drug-likeness (QED) is 0.868. The Morgan fingerprint density at radius 1 is 1.20 bits per heavy atom. The number of benzene rings is 1. The average Bonchev–Trinajstić information content (AvgIpc) is 2.92. The highest BCUT2D eigenvalue weighted by molar-refractivity contribution is 5.55. The number of hydrogen-bond donors (Lipinski definition) is 1. The van der Waals surface area contributed by atoms with Crippen molar-refractivity contribution < 1.29 is 22.7 Å². The Bertz CT molecular complexity index is 543. The number of nitrogens with one attached hydrogen (secondary N) is 1. The van der Waals surface area contributed by atoms with Gasteiger partial charge in [-0.2, -0.15) is 8.78 Å². The van der Waals surface area contributed by atoms with Crippen LogP contribution in [-0.2, 0) is 0 Å². The summed E-state index contributed by atoms with van der Waals surface area (Å²) in [6, 6.07) is 6.58. The molecule has 4 nitrogen and oxygen atoms in total. The number of halogens is 2. The van der Waals surface area contributed by atoms with Crippen molar-refractivity contribution in [2.75, 3.05) is 12.4 Å². The highest BCUT2D eigenvalue weighted by Gasteiger charge is 2.13. The average molecular weight is 283 g/mol. The summed E-state index contributed by atoms with van der Waals surface area (Å²) in [7, 11) is 1.40. The molecule has 0 radical (unpaired) electrons. The van der Waals surface area contributed by atoms with Crippen LogP contribution >= 0.6 is 0 Å². The summed E-state index contributed by atoms with van der Waals surface area (Å²) in [6.07, 6.45) is 3.20. The highest BCUT2D eigenvalue weighted by atomic mass is 19.3. The van der Waals surface area contributed by atoms with Crippen LogP contribution in [0.2, 0.25) is 0 Å². The van der Waals surface area contributed by atoms with E-state index >= 15 is 0 Å². The Hall–Kier alpha value is -2.24. The number of methoxy groups -OCH3 is 1. The number of anilines is 1. The first kappa shape index (κ1) is 14.2. The molecule has 0 bridgehead atoms. The van der Waals surface area contributed by atoms with E-state index in [0.29, 0.717) is 5.69 Å². The second kappa shape index (κ2) is 6.27. The molecule has 1 atom stereocenters. The minimum atomic E-state index is -2.90. The van der Waals surface area contributed by atoms with Crippen LogP contribution in [-0.4, -0.2) is 13.7 Å². The van der Waals surface area contributed by atoms with E-state index in [-0.39, 0.29) is 17.5 Å². The third-order valence-corrected chi connectivity index (χ3v) is 2.81. The molecule has 1 unspecified atom stereocenters. The van der Waals surface area contributed by atoms with E-state index in [2.05, 4.69) is 10.1 Å². The third kappa shape index (κ3) is 3.40. The lowest BCUT2D eigenvalue weighted by Gasteiger charge is -2.16. The van der Waals surface area contributed by atoms with Crippen LogP contribution in [0.15, 0.2) is 41.2 Å². The summed E-state index contributed by atoms with van der Waals surface area (Å²) < 4.78 is 39.1. The first-order valence-electron chi connectivity index (χ1n) is 6.01. The van der Waals surface area contributed by atoms with Crippen molar-refractivity contribution in [3.05, 3.63) is 42.4 Å². The second-order valence-electron chi connectivity index (χ2n) is 4.17. The monoisotopic (exact) mass is 283 g/mol. The van der Waals surface area contributed by atoms with Gasteiger partial charge in [0, 0.05) is 17.3 Å². The molecule has 1 heterocycles. The van der Waals surface area contributed by atoms with E-state index < -0.39 is 6.61 Å². The van der Waals surface area contributed by atoms with Crippen molar-refractivity contribution in [2.24, 2.45) is 0 Å². The van der Waals surface area contributed by atoms with Gasteiger partial charge in [-0.25, -0.2) is 0 Å². The van der Waals surface area contributed by atoms with Crippen molar-refractivity contribution in [1.29, 1.82) is 0 Å². The molecule has 20 heavy (non-hydrogen) atoms. The molecular formula is C14H15F2NO3. The lowest BCUT2D eigenvalue weighted by atomic mass is 10.1. The zero-order valence-corrected chi connectivity index (χ0v) is 11.1. The van der Waals surface area contributed by atoms with E-state index in [0.717, 1.165) is 5.56 Å². The Kier molecular flexibility index (Phi) is 4.45. The first-order chi connectivity index (χ1) is 9.60. The van der Waals surface area contributed by atoms with Gasteiger partial charge in [-0.15, -0.1) is 0 Å².